The van der Waals surface area contributed by atoms with E-state index in [4.69, 9.17) is 0 Å². The summed E-state index contributed by atoms with van der Waals surface area (Å²) in [4.78, 5) is 0. The van der Waals surface area contributed by atoms with Crippen LogP contribution in [0.15, 0.2) is 0 Å². The summed E-state index contributed by atoms with van der Waals surface area (Å²) in [5, 5.41) is 7.01. The van der Waals surface area contributed by atoms with Gasteiger partial charge >= 0.3 is 0 Å². The minimum atomic E-state index is 0.680. The molecule has 2 heteroatoms. The molecule has 2 N–H and O–H groups in total. The van der Waals surface area contributed by atoms with Crippen molar-refractivity contribution in [2.75, 3.05) is 13.1 Å². The SMILES string of the molecule is CCC(C)NC1CCCNC1. The molecule has 1 aliphatic heterocycles. The van der Waals surface area contributed by atoms with Crippen molar-refractivity contribution in [2.45, 2.75) is 45.2 Å². The normalized spacial score (nSPS) is 28.4. The molecule has 66 valence electrons. The lowest BCUT2D eigenvalue weighted by atomic mass is 10.1. The van der Waals surface area contributed by atoms with Crippen LogP contribution in [0.3, 0.4) is 0 Å². The Morgan fingerprint density at radius 3 is 3.00 bits per heavy atom. The van der Waals surface area contributed by atoms with Crippen molar-refractivity contribution in [3.8, 4) is 0 Å². The summed E-state index contributed by atoms with van der Waals surface area (Å²) in [6, 6.07) is 1.40. The van der Waals surface area contributed by atoms with Crippen molar-refractivity contribution in [3.63, 3.8) is 0 Å². The molecule has 0 radical (unpaired) electrons. The second kappa shape index (κ2) is 4.73. The van der Waals surface area contributed by atoms with Crippen LogP contribution in [-0.4, -0.2) is 25.2 Å². The summed E-state index contributed by atoms with van der Waals surface area (Å²) in [5.41, 5.74) is 0. The maximum Gasteiger partial charge on any atom is 0.0195 e. The molecular formula is C9H20N2. The fourth-order valence-corrected chi connectivity index (χ4v) is 1.51. The molecular weight excluding hydrogens is 136 g/mol. The van der Waals surface area contributed by atoms with Gasteiger partial charge in [-0.1, -0.05) is 6.92 Å². The molecule has 1 saturated heterocycles. The van der Waals surface area contributed by atoms with E-state index in [1.165, 1.54) is 25.8 Å². The molecule has 0 bridgehead atoms. The van der Waals surface area contributed by atoms with Gasteiger partial charge in [-0.2, -0.15) is 0 Å². The number of nitrogens with one attached hydrogen (secondary N) is 2. The lowest BCUT2D eigenvalue weighted by Gasteiger charge is -2.26. The van der Waals surface area contributed by atoms with Gasteiger partial charge in [0.2, 0.25) is 0 Å². The van der Waals surface area contributed by atoms with Gasteiger partial charge in [-0.15, -0.1) is 0 Å². The largest absolute Gasteiger partial charge is 0.315 e. The van der Waals surface area contributed by atoms with Gasteiger partial charge in [-0.3, -0.25) is 0 Å². The molecule has 0 amide bonds. The van der Waals surface area contributed by atoms with Gasteiger partial charge in [0.15, 0.2) is 0 Å². The van der Waals surface area contributed by atoms with Crippen molar-refractivity contribution in [1.29, 1.82) is 0 Å². The molecule has 0 aromatic heterocycles. The zero-order valence-electron chi connectivity index (χ0n) is 7.69. The third-order valence-corrected chi connectivity index (χ3v) is 2.43. The fraction of sp³-hybridized carbons (Fsp3) is 1.00. The van der Waals surface area contributed by atoms with Crippen LogP contribution in [0, 0.1) is 0 Å². The first-order valence-electron chi connectivity index (χ1n) is 4.79. The summed E-state index contributed by atoms with van der Waals surface area (Å²) in [6.45, 7) is 6.85. The van der Waals surface area contributed by atoms with E-state index in [1.54, 1.807) is 0 Å². The van der Waals surface area contributed by atoms with Gasteiger partial charge in [0.05, 0.1) is 0 Å². The highest BCUT2D eigenvalue weighted by atomic mass is 15.0. The van der Waals surface area contributed by atoms with E-state index in [9.17, 15) is 0 Å². The lowest BCUT2D eigenvalue weighted by Crippen LogP contribution is -2.46. The number of hydrogen-bond donors (Lipinski definition) is 2. The number of hydrogen-bond acceptors (Lipinski definition) is 2. The Morgan fingerprint density at radius 1 is 1.64 bits per heavy atom. The third kappa shape index (κ3) is 3.21. The van der Waals surface area contributed by atoms with Gasteiger partial charge in [-0.05, 0) is 32.7 Å². The summed E-state index contributed by atoms with van der Waals surface area (Å²) < 4.78 is 0. The van der Waals surface area contributed by atoms with Crippen LogP contribution in [-0.2, 0) is 0 Å². The average molecular weight is 156 g/mol. The molecule has 1 fully saturated rings. The van der Waals surface area contributed by atoms with E-state index < -0.39 is 0 Å². The molecule has 0 aromatic carbocycles. The quantitative estimate of drug-likeness (QED) is 0.640. The molecule has 2 unspecified atom stereocenters. The first-order valence-corrected chi connectivity index (χ1v) is 4.79. The standard InChI is InChI=1S/C9H20N2/c1-3-8(2)11-9-5-4-6-10-7-9/h8-11H,3-7H2,1-2H3. The summed E-state index contributed by atoms with van der Waals surface area (Å²) in [7, 11) is 0. The first-order chi connectivity index (χ1) is 5.33. The lowest BCUT2D eigenvalue weighted by molar-refractivity contribution is 0.355. The molecule has 1 aliphatic rings. The van der Waals surface area contributed by atoms with E-state index in [0.717, 1.165) is 12.6 Å². The Kier molecular flexibility index (Phi) is 3.87. The van der Waals surface area contributed by atoms with Crippen LogP contribution in [0.1, 0.15) is 33.1 Å². The van der Waals surface area contributed by atoms with Crippen molar-refractivity contribution >= 4 is 0 Å². The minimum Gasteiger partial charge on any atom is -0.315 e. The summed E-state index contributed by atoms with van der Waals surface area (Å²) in [6.07, 6.45) is 3.90. The maximum absolute atomic E-state index is 3.61. The van der Waals surface area contributed by atoms with E-state index >= 15 is 0 Å². The molecule has 0 aliphatic carbocycles. The van der Waals surface area contributed by atoms with Gasteiger partial charge in [0.25, 0.3) is 0 Å². The predicted molar refractivity (Wildman–Crippen MR) is 48.8 cm³/mol. The van der Waals surface area contributed by atoms with E-state index in [1.807, 2.05) is 0 Å². The molecule has 0 aromatic rings. The van der Waals surface area contributed by atoms with Crippen LogP contribution in [0.4, 0.5) is 0 Å². The van der Waals surface area contributed by atoms with Gasteiger partial charge in [0.1, 0.15) is 0 Å². The Morgan fingerprint density at radius 2 is 2.45 bits per heavy atom. The van der Waals surface area contributed by atoms with E-state index in [-0.39, 0.29) is 0 Å². The average Bonchev–Trinajstić information content (AvgIpc) is 2.06. The summed E-state index contributed by atoms with van der Waals surface area (Å²) >= 11 is 0. The van der Waals surface area contributed by atoms with Crippen molar-refractivity contribution < 1.29 is 0 Å². The maximum atomic E-state index is 3.61. The smallest absolute Gasteiger partial charge is 0.0195 e. The molecule has 0 saturated carbocycles. The van der Waals surface area contributed by atoms with Gasteiger partial charge in [0, 0.05) is 18.6 Å². The second-order valence-electron chi connectivity index (χ2n) is 3.52. The monoisotopic (exact) mass is 156 g/mol. The molecule has 1 heterocycles. The van der Waals surface area contributed by atoms with Gasteiger partial charge < -0.3 is 10.6 Å². The zero-order valence-corrected chi connectivity index (χ0v) is 7.69. The minimum absolute atomic E-state index is 0.680. The van der Waals surface area contributed by atoms with E-state index in [2.05, 4.69) is 24.5 Å². The summed E-state index contributed by atoms with van der Waals surface area (Å²) in [5.74, 6) is 0. The van der Waals surface area contributed by atoms with Crippen molar-refractivity contribution in [2.24, 2.45) is 0 Å². The Hall–Kier alpha value is -0.0800. The topological polar surface area (TPSA) is 24.1 Å². The van der Waals surface area contributed by atoms with Crippen molar-refractivity contribution in [3.05, 3.63) is 0 Å². The van der Waals surface area contributed by atoms with Gasteiger partial charge in [-0.25, -0.2) is 0 Å². The zero-order chi connectivity index (χ0) is 8.10. The molecule has 1 rings (SSSR count). The third-order valence-electron chi connectivity index (χ3n) is 2.43. The Labute approximate surface area is 69.8 Å². The number of piperidine rings is 1. The van der Waals surface area contributed by atoms with E-state index in [0.29, 0.717) is 6.04 Å². The molecule has 2 nitrogen and oxygen atoms in total. The molecule has 2 atom stereocenters. The number of rotatable bonds is 3. The van der Waals surface area contributed by atoms with Crippen LogP contribution in [0.2, 0.25) is 0 Å². The van der Waals surface area contributed by atoms with Crippen LogP contribution >= 0.6 is 0 Å². The Bertz CT molecular complexity index is 97.7. The molecule has 0 spiro atoms. The highest BCUT2D eigenvalue weighted by Crippen LogP contribution is 2.03. The second-order valence-corrected chi connectivity index (χ2v) is 3.52. The Balaban J connectivity index is 2.13. The molecule has 11 heavy (non-hydrogen) atoms. The highest BCUT2D eigenvalue weighted by Gasteiger charge is 2.13. The van der Waals surface area contributed by atoms with Crippen LogP contribution < -0.4 is 10.6 Å². The first kappa shape index (κ1) is 9.01. The van der Waals surface area contributed by atoms with Crippen LogP contribution in [0.5, 0.6) is 0 Å². The van der Waals surface area contributed by atoms with Crippen molar-refractivity contribution in [1.82, 2.24) is 10.6 Å². The highest BCUT2D eigenvalue weighted by molar-refractivity contribution is 4.76. The fourth-order valence-electron chi connectivity index (χ4n) is 1.51. The van der Waals surface area contributed by atoms with Crippen LogP contribution in [0.25, 0.3) is 0 Å². The predicted octanol–water partition coefficient (Wildman–Crippen LogP) is 1.13.